The van der Waals surface area contributed by atoms with Crippen LogP contribution >= 0.6 is 0 Å². The van der Waals surface area contributed by atoms with Crippen molar-refractivity contribution in [2.75, 3.05) is 32.9 Å². The molecule has 18 heavy (non-hydrogen) atoms. The second-order valence-corrected chi connectivity index (χ2v) is 5.29. The van der Waals surface area contributed by atoms with Crippen molar-refractivity contribution in [3.63, 3.8) is 0 Å². The molecular weight excluding hydrogens is 229 g/mol. The number of anilines is 1. The van der Waals surface area contributed by atoms with Crippen molar-refractivity contribution in [2.24, 2.45) is 0 Å². The van der Waals surface area contributed by atoms with Crippen LogP contribution in [0.4, 0.5) is 10.1 Å². The third kappa shape index (κ3) is 3.00. The van der Waals surface area contributed by atoms with Crippen molar-refractivity contribution in [1.29, 1.82) is 0 Å². The Bertz CT molecular complexity index is 408. The Morgan fingerprint density at radius 1 is 1.50 bits per heavy atom. The fraction of sp³-hybridized carbons (Fsp3) is 0.571. The minimum Gasteiger partial charge on any atom is -0.396 e. The van der Waals surface area contributed by atoms with E-state index in [2.05, 4.69) is 23.9 Å². The van der Waals surface area contributed by atoms with Crippen LogP contribution in [-0.4, -0.2) is 43.0 Å². The molecule has 0 bridgehead atoms. The molecule has 0 saturated carbocycles. The summed E-state index contributed by atoms with van der Waals surface area (Å²) in [7, 11) is 4.24. The zero-order valence-electron chi connectivity index (χ0n) is 11.2. The fourth-order valence-corrected chi connectivity index (χ4v) is 2.62. The summed E-state index contributed by atoms with van der Waals surface area (Å²) in [5.41, 5.74) is 6.94. The van der Waals surface area contributed by atoms with E-state index in [1.165, 1.54) is 25.5 Å². The summed E-state index contributed by atoms with van der Waals surface area (Å²) in [5.74, 6) is -0.318. The summed E-state index contributed by atoms with van der Waals surface area (Å²) in [5, 5.41) is 0. The molecule has 1 atom stereocenters. The van der Waals surface area contributed by atoms with Gasteiger partial charge in [-0.1, -0.05) is 12.1 Å². The van der Waals surface area contributed by atoms with Crippen LogP contribution in [0.3, 0.4) is 0 Å². The molecule has 1 aliphatic heterocycles. The van der Waals surface area contributed by atoms with E-state index in [9.17, 15) is 4.39 Å². The molecular formula is C14H22FN3. The molecule has 2 rings (SSSR count). The van der Waals surface area contributed by atoms with E-state index in [4.69, 9.17) is 5.73 Å². The lowest BCUT2D eigenvalue weighted by molar-refractivity contribution is 0.129. The molecule has 4 heteroatoms. The van der Waals surface area contributed by atoms with Gasteiger partial charge in [-0.15, -0.1) is 0 Å². The van der Waals surface area contributed by atoms with Gasteiger partial charge in [-0.3, -0.25) is 4.90 Å². The Kier molecular flexibility index (Phi) is 4.19. The van der Waals surface area contributed by atoms with E-state index in [1.54, 1.807) is 6.07 Å². The molecule has 0 aromatic heterocycles. The number of para-hydroxylation sites is 1. The number of likely N-dealkylation sites (tertiary alicyclic amines) is 1. The van der Waals surface area contributed by atoms with Crippen LogP contribution in [0.15, 0.2) is 18.2 Å². The quantitative estimate of drug-likeness (QED) is 0.833. The second-order valence-electron chi connectivity index (χ2n) is 5.29. The number of nitrogens with zero attached hydrogens (tertiary/aromatic N) is 2. The van der Waals surface area contributed by atoms with Gasteiger partial charge in [0, 0.05) is 19.1 Å². The van der Waals surface area contributed by atoms with Gasteiger partial charge >= 0.3 is 0 Å². The van der Waals surface area contributed by atoms with Gasteiger partial charge in [-0.2, -0.15) is 0 Å². The second kappa shape index (κ2) is 5.67. The van der Waals surface area contributed by atoms with E-state index >= 15 is 0 Å². The van der Waals surface area contributed by atoms with Gasteiger partial charge in [0.1, 0.15) is 5.82 Å². The maximum atomic E-state index is 13.4. The normalized spacial score (nSPS) is 21.4. The predicted octanol–water partition coefficient (Wildman–Crippen LogP) is 1.93. The Balaban J connectivity index is 2.02. The lowest BCUT2D eigenvalue weighted by atomic mass is 10.0. The molecule has 1 saturated heterocycles. The fourth-order valence-electron chi connectivity index (χ4n) is 2.62. The van der Waals surface area contributed by atoms with Crippen molar-refractivity contribution in [2.45, 2.75) is 25.4 Å². The first-order chi connectivity index (χ1) is 8.58. The van der Waals surface area contributed by atoms with E-state index in [-0.39, 0.29) is 11.5 Å². The van der Waals surface area contributed by atoms with Crippen LogP contribution in [0.5, 0.6) is 0 Å². The third-order valence-corrected chi connectivity index (χ3v) is 3.79. The van der Waals surface area contributed by atoms with Gasteiger partial charge in [0.2, 0.25) is 0 Å². The molecule has 1 unspecified atom stereocenters. The number of halogens is 1. The van der Waals surface area contributed by atoms with Gasteiger partial charge in [0.25, 0.3) is 0 Å². The van der Waals surface area contributed by atoms with E-state index in [0.29, 0.717) is 12.6 Å². The first kappa shape index (κ1) is 13.3. The van der Waals surface area contributed by atoms with Crippen molar-refractivity contribution in [3.8, 4) is 0 Å². The summed E-state index contributed by atoms with van der Waals surface area (Å²) in [6, 6.07) is 5.57. The molecule has 1 aliphatic rings. The molecule has 1 aromatic carbocycles. The van der Waals surface area contributed by atoms with Crippen LogP contribution in [-0.2, 0) is 6.54 Å². The number of nitrogen functional groups attached to an aromatic ring is 1. The number of rotatable bonds is 3. The highest BCUT2D eigenvalue weighted by Gasteiger charge is 2.21. The summed E-state index contributed by atoms with van der Waals surface area (Å²) in [6.45, 7) is 2.96. The Labute approximate surface area is 108 Å². The predicted molar refractivity (Wildman–Crippen MR) is 72.8 cm³/mol. The highest BCUT2D eigenvalue weighted by molar-refractivity contribution is 5.47. The molecule has 100 valence electrons. The smallest absolute Gasteiger partial charge is 0.146 e. The summed E-state index contributed by atoms with van der Waals surface area (Å²) in [4.78, 5) is 4.63. The zero-order valence-corrected chi connectivity index (χ0v) is 11.2. The lowest BCUT2D eigenvalue weighted by Gasteiger charge is -2.36. The first-order valence-corrected chi connectivity index (χ1v) is 6.49. The molecule has 0 aliphatic carbocycles. The Hall–Kier alpha value is -1.13. The maximum Gasteiger partial charge on any atom is 0.146 e. The van der Waals surface area contributed by atoms with Crippen molar-refractivity contribution >= 4 is 5.69 Å². The first-order valence-electron chi connectivity index (χ1n) is 6.49. The van der Waals surface area contributed by atoms with Crippen LogP contribution < -0.4 is 5.73 Å². The molecule has 1 heterocycles. The zero-order chi connectivity index (χ0) is 13.1. The van der Waals surface area contributed by atoms with E-state index in [1.807, 2.05) is 6.07 Å². The minimum atomic E-state index is -0.318. The van der Waals surface area contributed by atoms with E-state index in [0.717, 1.165) is 12.1 Å². The minimum absolute atomic E-state index is 0.286. The molecule has 1 aromatic rings. The number of benzene rings is 1. The summed E-state index contributed by atoms with van der Waals surface area (Å²) in [6.07, 6.45) is 2.43. The van der Waals surface area contributed by atoms with Crippen molar-refractivity contribution in [3.05, 3.63) is 29.6 Å². The highest BCUT2D eigenvalue weighted by atomic mass is 19.1. The monoisotopic (exact) mass is 251 g/mol. The highest BCUT2D eigenvalue weighted by Crippen LogP contribution is 2.20. The van der Waals surface area contributed by atoms with Crippen LogP contribution in [0.1, 0.15) is 18.4 Å². The standard InChI is InChI=1S/C14H22FN3/c1-17-8-4-6-12(10-17)18(2)9-11-5-3-7-13(15)14(11)16/h3,5,7,12H,4,6,8-10,16H2,1-2H3. The topological polar surface area (TPSA) is 32.5 Å². The Morgan fingerprint density at radius 2 is 2.28 bits per heavy atom. The van der Waals surface area contributed by atoms with Crippen LogP contribution in [0.2, 0.25) is 0 Å². The number of hydrogen-bond donors (Lipinski definition) is 1. The van der Waals surface area contributed by atoms with Crippen LogP contribution in [0.25, 0.3) is 0 Å². The average molecular weight is 251 g/mol. The molecule has 3 nitrogen and oxygen atoms in total. The number of likely N-dealkylation sites (N-methyl/N-ethyl adjacent to an activating group) is 2. The van der Waals surface area contributed by atoms with Gasteiger partial charge in [0.15, 0.2) is 0 Å². The SMILES string of the molecule is CN1CCCC(N(C)Cc2cccc(F)c2N)C1. The van der Waals surface area contributed by atoms with Gasteiger partial charge in [-0.25, -0.2) is 4.39 Å². The molecule has 0 radical (unpaired) electrons. The van der Waals surface area contributed by atoms with Gasteiger partial charge in [0.05, 0.1) is 5.69 Å². The van der Waals surface area contributed by atoms with Crippen LogP contribution in [0, 0.1) is 5.82 Å². The number of piperidine rings is 1. The molecule has 0 spiro atoms. The third-order valence-electron chi connectivity index (χ3n) is 3.79. The molecule has 2 N–H and O–H groups in total. The Morgan fingerprint density at radius 3 is 3.00 bits per heavy atom. The van der Waals surface area contributed by atoms with E-state index < -0.39 is 0 Å². The van der Waals surface area contributed by atoms with Gasteiger partial charge in [-0.05, 0) is 45.1 Å². The molecule has 0 amide bonds. The van der Waals surface area contributed by atoms with Gasteiger partial charge < -0.3 is 10.6 Å². The maximum absolute atomic E-state index is 13.4. The summed E-state index contributed by atoms with van der Waals surface area (Å²) >= 11 is 0. The number of nitrogens with two attached hydrogens (primary N) is 1. The average Bonchev–Trinajstić information content (AvgIpc) is 2.35. The number of hydrogen-bond acceptors (Lipinski definition) is 3. The summed E-state index contributed by atoms with van der Waals surface area (Å²) < 4.78 is 13.4. The largest absolute Gasteiger partial charge is 0.396 e. The lowest BCUT2D eigenvalue weighted by Crippen LogP contribution is -2.44. The van der Waals surface area contributed by atoms with Crippen molar-refractivity contribution < 1.29 is 4.39 Å². The molecule has 1 fully saturated rings. The van der Waals surface area contributed by atoms with Crippen molar-refractivity contribution in [1.82, 2.24) is 9.80 Å².